The molecular weight excluding hydrogens is 220 g/mol. The van der Waals surface area contributed by atoms with Gasteiger partial charge >= 0.3 is 5.97 Å². The molecule has 0 radical (unpaired) electrons. The van der Waals surface area contributed by atoms with Crippen LogP contribution in [0.2, 0.25) is 0 Å². The molecule has 0 saturated carbocycles. The van der Waals surface area contributed by atoms with E-state index >= 15 is 0 Å². The molecule has 5 heteroatoms. The van der Waals surface area contributed by atoms with E-state index in [0.29, 0.717) is 5.82 Å². The number of hydrogen-bond donors (Lipinski definition) is 2. The van der Waals surface area contributed by atoms with Crippen LogP contribution in [0.1, 0.15) is 10.4 Å². The molecule has 1 aromatic carbocycles. The lowest BCUT2D eigenvalue weighted by molar-refractivity contribution is 0.0731. The Kier molecular flexibility index (Phi) is 2.74. The van der Waals surface area contributed by atoms with Gasteiger partial charge in [0.05, 0.1) is 0 Å². The molecule has 2 rings (SSSR count). The fourth-order valence-electron chi connectivity index (χ4n) is 1.41. The lowest BCUT2D eigenvalue weighted by atomic mass is 10.3. The molecular formula is C12H12N2O3. The van der Waals surface area contributed by atoms with E-state index in [1.807, 2.05) is 0 Å². The van der Waals surface area contributed by atoms with Gasteiger partial charge in [-0.1, -0.05) is 12.1 Å². The van der Waals surface area contributed by atoms with Gasteiger partial charge in [0.2, 0.25) is 0 Å². The zero-order chi connectivity index (χ0) is 12.4. The Morgan fingerprint density at radius 1 is 1.35 bits per heavy atom. The van der Waals surface area contributed by atoms with Crippen molar-refractivity contribution < 1.29 is 14.6 Å². The standard InChI is InChI=1S/C12H12N2O3/c1-14-7-6-8(11(14)13)12(16)17-10-5-3-2-4-9(10)15/h2-7,15H,13H2,1H3. The molecule has 2 aromatic rings. The monoisotopic (exact) mass is 232 g/mol. The number of nitrogens with two attached hydrogens (primary N) is 1. The number of phenolic OH excluding ortho intramolecular Hbond substituents is 1. The van der Waals surface area contributed by atoms with Crippen LogP contribution in [0, 0.1) is 0 Å². The number of aromatic hydroxyl groups is 1. The van der Waals surface area contributed by atoms with Gasteiger partial charge in [0.1, 0.15) is 11.4 Å². The highest BCUT2D eigenvalue weighted by atomic mass is 16.5. The lowest BCUT2D eigenvalue weighted by Crippen LogP contribution is -2.11. The van der Waals surface area contributed by atoms with Crippen LogP contribution in [0.3, 0.4) is 0 Å². The first-order chi connectivity index (χ1) is 8.09. The van der Waals surface area contributed by atoms with E-state index in [1.54, 1.807) is 36.0 Å². The molecule has 17 heavy (non-hydrogen) atoms. The van der Waals surface area contributed by atoms with Crippen LogP contribution in [0.4, 0.5) is 5.82 Å². The van der Waals surface area contributed by atoms with Crippen molar-refractivity contribution in [2.45, 2.75) is 0 Å². The third kappa shape index (κ3) is 2.08. The summed E-state index contributed by atoms with van der Waals surface area (Å²) < 4.78 is 6.66. The Labute approximate surface area is 98.0 Å². The predicted octanol–water partition coefficient (Wildman–Crippen LogP) is 1.53. The van der Waals surface area contributed by atoms with Gasteiger partial charge in [0.25, 0.3) is 0 Å². The predicted molar refractivity (Wildman–Crippen MR) is 62.9 cm³/mol. The Morgan fingerprint density at radius 3 is 2.65 bits per heavy atom. The Morgan fingerprint density at radius 2 is 2.06 bits per heavy atom. The van der Waals surface area contributed by atoms with Crippen molar-refractivity contribution in [3.63, 3.8) is 0 Å². The summed E-state index contributed by atoms with van der Waals surface area (Å²) in [6.07, 6.45) is 1.66. The maximum atomic E-state index is 11.8. The van der Waals surface area contributed by atoms with Crippen LogP contribution in [0.25, 0.3) is 0 Å². The first-order valence-corrected chi connectivity index (χ1v) is 5.00. The zero-order valence-electron chi connectivity index (χ0n) is 9.25. The molecule has 0 aliphatic carbocycles. The third-order valence-corrected chi connectivity index (χ3v) is 2.41. The van der Waals surface area contributed by atoms with Gasteiger partial charge in [0, 0.05) is 13.2 Å². The number of nitrogen functional groups attached to an aromatic ring is 1. The second-order valence-electron chi connectivity index (χ2n) is 3.58. The highest BCUT2D eigenvalue weighted by molar-refractivity contribution is 5.96. The lowest BCUT2D eigenvalue weighted by Gasteiger charge is -2.05. The quantitative estimate of drug-likeness (QED) is 0.608. The van der Waals surface area contributed by atoms with Crippen LogP contribution in [-0.2, 0) is 7.05 Å². The number of aromatic nitrogens is 1. The first-order valence-electron chi connectivity index (χ1n) is 5.00. The molecule has 0 aliphatic rings. The summed E-state index contributed by atoms with van der Waals surface area (Å²) in [6.45, 7) is 0. The largest absolute Gasteiger partial charge is 0.504 e. The van der Waals surface area contributed by atoms with E-state index in [-0.39, 0.29) is 17.1 Å². The molecule has 1 heterocycles. The second-order valence-corrected chi connectivity index (χ2v) is 3.58. The molecule has 1 aromatic heterocycles. The summed E-state index contributed by atoms with van der Waals surface area (Å²) in [5.41, 5.74) is 5.97. The molecule has 0 amide bonds. The molecule has 88 valence electrons. The van der Waals surface area contributed by atoms with Crippen LogP contribution in [0.15, 0.2) is 36.5 Å². The highest BCUT2D eigenvalue weighted by Gasteiger charge is 2.15. The zero-order valence-corrected chi connectivity index (χ0v) is 9.25. The maximum Gasteiger partial charge on any atom is 0.347 e. The Hall–Kier alpha value is -2.43. The second kappa shape index (κ2) is 4.21. The van der Waals surface area contributed by atoms with Gasteiger partial charge < -0.3 is 20.1 Å². The SMILES string of the molecule is Cn1ccc(C(=O)Oc2ccccc2O)c1N. The minimum absolute atomic E-state index is 0.0876. The molecule has 0 aliphatic heterocycles. The van der Waals surface area contributed by atoms with Crippen molar-refractivity contribution in [1.29, 1.82) is 0 Å². The van der Waals surface area contributed by atoms with Gasteiger partial charge in [-0.05, 0) is 18.2 Å². The molecule has 0 unspecified atom stereocenters. The van der Waals surface area contributed by atoms with Gasteiger partial charge in [-0.25, -0.2) is 4.79 Å². The minimum atomic E-state index is -0.593. The van der Waals surface area contributed by atoms with Crippen molar-refractivity contribution in [3.05, 3.63) is 42.1 Å². The maximum absolute atomic E-state index is 11.8. The number of carbonyl (C=O) groups is 1. The molecule has 0 spiro atoms. The van der Waals surface area contributed by atoms with Gasteiger partial charge in [-0.15, -0.1) is 0 Å². The normalized spacial score (nSPS) is 10.2. The fourth-order valence-corrected chi connectivity index (χ4v) is 1.41. The van der Waals surface area contributed by atoms with E-state index in [4.69, 9.17) is 10.5 Å². The summed E-state index contributed by atoms with van der Waals surface area (Å²) >= 11 is 0. The summed E-state index contributed by atoms with van der Waals surface area (Å²) in [7, 11) is 1.73. The number of anilines is 1. The number of aryl methyl sites for hydroxylation is 1. The van der Waals surface area contributed by atoms with Crippen molar-refractivity contribution in [2.75, 3.05) is 5.73 Å². The average molecular weight is 232 g/mol. The fraction of sp³-hybridized carbons (Fsp3) is 0.0833. The van der Waals surface area contributed by atoms with Gasteiger partial charge in [-0.2, -0.15) is 0 Å². The summed E-state index contributed by atoms with van der Waals surface area (Å²) in [5.74, 6) is -0.244. The van der Waals surface area contributed by atoms with Crippen LogP contribution in [-0.4, -0.2) is 15.6 Å². The topological polar surface area (TPSA) is 77.5 Å². The van der Waals surface area contributed by atoms with Crippen LogP contribution in [0.5, 0.6) is 11.5 Å². The number of nitrogens with zero attached hydrogens (tertiary/aromatic N) is 1. The van der Waals surface area contributed by atoms with Crippen molar-refractivity contribution in [3.8, 4) is 11.5 Å². The van der Waals surface area contributed by atoms with E-state index < -0.39 is 5.97 Å². The van der Waals surface area contributed by atoms with E-state index in [9.17, 15) is 9.90 Å². The smallest absolute Gasteiger partial charge is 0.347 e. The molecule has 3 N–H and O–H groups in total. The van der Waals surface area contributed by atoms with E-state index in [0.717, 1.165) is 0 Å². The van der Waals surface area contributed by atoms with Gasteiger partial charge in [-0.3, -0.25) is 0 Å². The van der Waals surface area contributed by atoms with Crippen molar-refractivity contribution >= 4 is 11.8 Å². The highest BCUT2D eigenvalue weighted by Crippen LogP contribution is 2.26. The van der Waals surface area contributed by atoms with Crippen LogP contribution < -0.4 is 10.5 Å². The molecule has 0 atom stereocenters. The number of rotatable bonds is 2. The van der Waals surface area contributed by atoms with E-state index in [1.165, 1.54) is 12.1 Å². The molecule has 0 bridgehead atoms. The van der Waals surface area contributed by atoms with Crippen LogP contribution >= 0.6 is 0 Å². The summed E-state index contributed by atoms with van der Waals surface area (Å²) in [6, 6.07) is 7.82. The third-order valence-electron chi connectivity index (χ3n) is 2.41. The number of carbonyl (C=O) groups excluding carboxylic acids is 1. The average Bonchev–Trinajstić information content (AvgIpc) is 2.63. The Bertz CT molecular complexity index is 561. The summed E-state index contributed by atoms with van der Waals surface area (Å²) in [5, 5.41) is 9.47. The number of hydrogen-bond acceptors (Lipinski definition) is 4. The number of ether oxygens (including phenoxy) is 1. The van der Waals surface area contributed by atoms with Gasteiger partial charge in [0.15, 0.2) is 11.5 Å². The number of benzene rings is 1. The number of esters is 1. The molecule has 0 saturated heterocycles. The van der Waals surface area contributed by atoms with Crippen molar-refractivity contribution in [1.82, 2.24) is 4.57 Å². The summed E-state index contributed by atoms with van der Waals surface area (Å²) in [4.78, 5) is 11.8. The van der Waals surface area contributed by atoms with E-state index in [2.05, 4.69) is 0 Å². The molecule has 5 nitrogen and oxygen atoms in total. The minimum Gasteiger partial charge on any atom is -0.504 e. The first kappa shape index (κ1) is 11.1. The number of para-hydroxylation sites is 2. The molecule has 0 fully saturated rings. The number of phenols is 1. The Balaban J connectivity index is 2.23. The van der Waals surface area contributed by atoms with Crippen molar-refractivity contribution in [2.24, 2.45) is 7.05 Å².